The number of carbonyl (C=O) groups excluding carboxylic acids is 1. The molecule has 3 N–H and O–H groups in total. The zero-order valence-electron chi connectivity index (χ0n) is 10.9. The molecule has 19 heavy (non-hydrogen) atoms. The monoisotopic (exact) mass is 278 g/mol. The second-order valence-electron chi connectivity index (χ2n) is 4.77. The Hall–Kier alpha value is -1.62. The third kappa shape index (κ3) is 3.04. The van der Waals surface area contributed by atoms with Crippen LogP contribution in [0, 0.1) is 5.41 Å². The SMILES string of the molecule is CCCOc1ccc(NC(=O)C2(C(N)=S)CC2)cc1. The van der Waals surface area contributed by atoms with Crippen molar-refractivity contribution in [2.24, 2.45) is 11.1 Å². The van der Waals surface area contributed by atoms with Crippen LogP contribution in [0.25, 0.3) is 0 Å². The molecule has 0 unspecified atom stereocenters. The summed E-state index contributed by atoms with van der Waals surface area (Å²) in [5.41, 5.74) is 5.73. The van der Waals surface area contributed by atoms with Crippen LogP contribution in [0.2, 0.25) is 0 Å². The summed E-state index contributed by atoms with van der Waals surface area (Å²) in [6, 6.07) is 7.31. The van der Waals surface area contributed by atoms with E-state index in [1.165, 1.54) is 0 Å². The zero-order valence-corrected chi connectivity index (χ0v) is 11.8. The van der Waals surface area contributed by atoms with E-state index in [-0.39, 0.29) is 10.9 Å². The fourth-order valence-electron chi connectivity index (χ4n) is 1.82. The van der Waals surface area contributed by atoms with Gasteiger partial charge in [0.05, 0.1) is 17.0 Å². The van der Waals surface area contributed by atoms with Crippen molar-refractivity contribution in [1.82, 2.24) is 0 Å². The minimum absolute atomic E-state index is 0.109. The van der Waals surface area contributed by atoms with Gasteiger partial charge in [-0.25, -0.2) is 0 Å². The largest absolute Gasteiger partial charge is 0.494 e. The highest BCUT2D eigenvalue weighted by Crippen LogP contribution is 2.46. The van der Waals surface area contributed by atoms with E-state index in [4.69, 9.17) is 22.7 Å². The first-order valence-electron chi connectivity index (χ1n) is 6.43. The summed E-state index contributed by atoms with van der Waals surface area (Å²) in [5.74, 6) is 0.692. The lowest BCUT2D eigenvalue weighted by Crippen LogP contribution is -2.34. The van der Waals surface area contributed by atoms with E-state index in [9.17, 15) is 4.79 Å². The first-order chi connectivity index (χ1) is 9.08. The Labute approximate surface area is 118 Å². The zero-order chi connectivity index (χ0) is 13.9. The van der Waals surface area contributed by atoms with Gasteiger partial charge >= 0.3 is 0 Å². The summed E-state index contributed by atoms with van der Waals surface area (Å²) in [6.45, 7) is 2.75. The van der Waals surface area contributed by atoms with E-state index >= 15 is 0 Å². The van der Waals surface area contributed by atoms with Crippen LogP contribution in [0.15, 0.2) is 24.3 Å². The molecule has 5 heteroatoms. The van der Waals surface area contributed by atoms with Crippen molar-refractivity contribution in [2.45, 2.75) is 26.2 Å². The molecule has 1 aliphatic rings. The molecule has 4 nitrogen and oxygen atoms in total. The van der Waals surface area contributed by atoms with Gasteiger partial charge in [-0.3, -0.25) is 4.79 Å². The molecule has 1 aromatic rings. The van der Waals surface area contributed by atoms with Crippen LogP contribution in [0.5, 0.6) is 5.75 Å². The van der Waals surface area contributed by atoms with Gasteiger partial charge in [-0.1, -0.05) is 19.1 Å². The van der Waals surface area contributed by atoms with Crippen LogP contribution in [0.1, 0.15) is 26.2 Å². The van der Waals surface area contributed by atoms with Crippen molar-refractivity contribution in [3.05, 3.63) is 24.3 Å². The number of benzene rings is 1. The van der Waals surface area contributed by atoms with Crippen molar-refractivity contribution < 1.29 is 9.53 Å². The molecule has 1 fully saturated rings. The van der Waals surface area contributed by atoms with Crippen molar-refractivity contribution >= 4 is 28.8 Å². The van der Waals surface area contributed by atoms with Crippen LogP contribution >= 0.6 is 12.2 Å². The molecule has 0 heterocycles. The van der Waals surface area contributed by atoms with Crippen molar-refractivity contribution in [2.75, 3.05) is 11.9 Å². The van der Waals surface area contributed by atoms with E-state index in [1.54, 1.807) is 0 Å². The first-order valence-corrected chi connectivity index (χ1v) is 6.83. The smallest absolute Gasteiger partial charge is 0.237 e. The highest BCUT2D eigenvalue weighted by atomic mass is 32.1. The molecular weight excluding hydrogens is 260 g/mol. The topological polar surface area (TPSA) is 64.3 Å². The summed E-state index contributed by atoms with van der Waals surface area (Å²) in [7, 11) is 0. The summed E-state index contributed by atoms with van der Waals surface area (Å²) < 4.78 is 5.48. The maximum atomic E-state index is 12.1. The lowest BCUT2D eigenvalue weighted by molar-refractivity contribution is -0.118. The summed E-state index contributed by atoms with van der Waals surface area (Å²) in [5, 5.41) is 2.85. The number of ether oxygens (including phenoxy) is 1. The Bertz CT molecular complexity index is 481. The molecule has 0 radical (unpaired) electrons. The summed E-state index contributed by atoms with van der Waals surface area (Å²) >= 11 is 4.95. The Morgan fingerprint density at radius 1 is 1.42 bits per heavy atom. The Balaban J connectivity index is 1.96. The van der Waals surface area contributed by atoms with Crippen molar-refractivity contribution in [3.8, 4) is 5.75 Å². The second-order valence-corrected chi connectivity index (χ2v) is 5.21. The van der Waals surface area contributed by atoms with Crippen LogP contribution in [-0.2, 0) is 4.79 Å². The average molecular weight is 278 g/mol. The number of anilines is 1. The highest BCUT2D eigenvalue weighted by molar-refractivity contribution is 7.80. The van der Waals surface area contributed by atoms with Gasteiger partial charge in [-0.15, -0.1) is 0 Å². The maximum Gasteiger partial charge on any atom is 0.237 e. The van der Waals surface area contributed by atoms with E-state index < -0.39 is 5.41 Å². The molecule has 1 saturated carbocycles. The molecular formula is C14H18N2O2S. The molecule has 0 saturated heterocycles. The molecule has 0 aliphatic heterocycles. The normalized spacial score (nSPS) is 15.6. The van der Waals surface area contributed by atoms with E-state index in [0.717, 1.165) is 30.7 Å². The molecule has 1 aliphatic carbocycles. The molecule has 2 rings (SSSR count). The maximum absolute atomic E-state index is 12.1. The standard InChI is InChI=1S/C14H18N2O2S/c1-2-9-18-11-5-3-10(4-6-11)16-13(17)14(7-8-14)12(15)19/h3-6H,2,7-9H2,1H3,(H2,15,19)(H,16,17). The molecule has 0 aromatic heterocycles. The molecule has 1 amide bonds. The minimum atomic E-state index is -0.618. The summed E-state index contributed by atoms with van der Waals surface area (Å²) in [6.07, 6.45) is 2.45. The number of carbonyl (C=O) groups is 1. The lowest BCUT2D eigenvalue weighted by atomic mass is 10.1. The fraction of sp³-hybridized carbons (Fsp3) is 0.429. The molecule has 1 aromatic carbocycles. The Morgan fingerprint density at radius 3 is 2.53 bits per heavy atom. The van der Waals surface area contributed by atoms with E-state index in [0.29, 0.717) is 6.61 Å². The van der Waals surface area contributed by atoms with Gasteiger partial charge in [0.2, 0.25) is 5.91 Å². The molecule has 0 atom stereocenters. The molecule has 0 bridgehead atoms. The number of thiocarbonyl (C=S) groups is 1. The van der Waals surface area contributed by atoms with Crippen LogP contribution < -0.4 is 15.8 Å². The predicted molar refractivity (Wildman–Crippen MR) is 79.3 cm³/mol. The number of rotatable bonds is 6. The average Bonchev–Trinajstić information content (AvgIpc) is 3.19. The molecule has 102 valence electrons. The van der Waals surface area contributed by atoms with E-state index in [2.05, 4.69) is 12.2 Å². The van der Waals surface area contributed by atoms with Gasteiger partial charge in [0.15, 0.2) is 0 Å². The van der Waals surface area contributed by atoms with Gasteiger partial charge in [-0.05, 0) is 43.5 Å². The van der Waals surface area contributed by atoms with Crippen LogP contribution in [-0.4, -0.2) is 17.5 Å². The second kappa shape index (κ2) is 5.57. The van der Waals surface area contributed by atoms with Gasteiger partial charge in [0.25, 0.3) is 0 Å². The van der Waals surface area contributed by atoms with Gasteiger partial charge < -0.3 is 15.8 Å². The number of nitrogens with one attached hydrogen (secondary N) is 1. The predicted octanol–water partition coefficient (Wildman–Crippen LogP) is 2.48. The van der Waals surface area contributed by atoms with Crippen LogP contribution in [0.3, 0.4) is 0 Å². The third-order valence-electron chi connectivity index (χ3n) is 3.24. The van der Waals surface area contributed by atoms with Gasteiger partial charge in [0.1, 0.15) is 5.75 Å². The number of amides is 1. The lowest BCUT2D eigenvalue weighted by Gasteiger charge is -2.14. The summed E-state index contributed by atoms with van der Waals surface area (Å²) in [4.78, 5) is 12.4. The van der Waals surface area contributed by atoms with Crippen molar-refractivity contribution in [3.63, 3.8) is 0 Å². The number of hydrogen-bond acceptors (Lipinski definition) is 3. The minimum Gasteiger partial charge on any atom is -0.494 e. The van der Waals surface area contributed by atoms with Gasteiger partial charge in [0, 0.05) is 5.69 Å². The van der Waals surface area contributed by atoms with Crippen molar-refractivity contribution in [1.29, 1.82) is 0 Å². The first kappa shape index (κ1) is 13.8. The highest BCUT2D eigenvalue weighted by Gasteiger charge is 2.52. The third-order valence-corrected chi connectivity index (χ3v) is 3.63. The molecule has 0 spiro atoms. The van der Waals surface area contributed by atoms with E-state index in [1.807, 2.05) is 24.3 Å². The van der Waals surface area contributed by atoms with Gasteiger partial charge in [-0.2, -0.15) is 0 Å². The Morgan fingerprint density at radius 2 is 2.05 bits per heavy atom. The number of nitrogens with two attached hydrogens (primary N) is 1. The number of hydrogen-bond donors (Lipinski definition) is 2. The van der Waals surface area contributed by atoms with Crippen LogP contribution in [0.4, 0.5) is 5.69 Å². The Kier molecular flexibility index (Phi) is 4.04. The fourth-order valence-corrected chi connectivity index (χ4v) is 2.11. The quantitative estimate of drug-likeness (QED) is 0.785.